The van der Waals surface area contributed by atoms with Gasteiger partial charge in [0.2, 0.25) is 11.8 Å². The van der Waals surface area contributed by atoms with Crippen molar-refractivity contribution in [2.75, 3.05) is 16.0 Å². The normalized spacial score (nSPS) is 17.6. The van der Waals surface area contributed by atoms with Gasteiger partial charge in [-0.25, -0.2) is 0 Å². The van der Waals surface area contributed by atoms with Crippen LogP contribution in [0.4, 0.5) is 11.4 Å². The van der Waals surface area contributed by atoms with Crippen LogP contribution in [0.15, 0.2) is 48.5 Å². The molecule has 0 aliphatic carbocycles. The van der Waals surface area contributed by atoms with E-state index in [1.54, 1.807) is 11.8 Å². The number of hydrogen-bond acceptors (Lipinski definition) is 3. The number of thioether (sulfide) groups is 1. The molecule has 0 aromatic heterocycles. The molecule has 2 amide bonds. The van der Waals surface area contributed by atoms with Crippen LogP contribution in [0.1, 0.15) is 64.0 Å². The molecule has 1 N–H and O–H groups in total. The predicted molar refractivity (Wildman–Crippen MR) is 131 cm³/mol. The molecule has 0 bridgehead atoms. The van der Waals surface area contributed by atoms with Crippen LogP contribution in [0.5, 0.6) is 0 Å². The highest BCUT2D eigenvalue weighted by molar-refractivity contribution is 8.00. The van der Waals surface area contributed by atoms with Gasteiger partial charge in [0.05, 0.1) is 5.75 Å². The molecule has 3 rings (SSSR count). The first kappa shape index (κ1) is 23.4. The molecule has 31 heavy (non-hydrogen) atoms. The summed E-state index contributed by atoms with van der Waals surface area (Å²) in [7, 11) is 0. The Hall–Kier alpha value is -2.27. The fourth-order valence-corrected chi connectivity index (χ4v) is 5.55. The fraction of sp³-hybridized carbons (Fsp3) is 0.462. The number of anilines is 2. The third-order valence-corrected chi connectivity index (χ3v) is 6.66. The Labute approximate surface area is 190 Å². The lowest BCUT2D eigenvalue weighted by Gasteiger charge is -2.27. The van der Waals surface area contributed by atoms with Crippen LogP contribution in [-0.2, 0) is 16.0 Å². The van der Waals surface area contributed by atoms with Gasteiger partial charge in [-0.3, -0.25) is 14.5 Å². The lowest BCUT2D eigenvalue weighted by atomic mass is 9.84. The molecular weight excluding hydrogens is 404 g/mol. The highest BCUT2D eigenvalue weighted by atomic mass is 32.2. The molecule has 0 saturated carbocycles. The van der Waals surface area contributed by atoms with E-state index >= 15 is 0 Å². The molecule has 0 radical (unpaired) electrons. The molecule has 166 valence electrons. The van der Waals surface area contributed by atoms with Crippen LogP contribution in [0.3, 0.4) is 0 Å². The summed E-state index contributed by atoms with van der Waals surface area (Å²) in [5.74, 6) is 0.953. The highest BCUT2D eigenvalue weighted by Crippen LogP contribution is 2.43. The third kappa shape index (κ3) is 6.13. The van der Waals surface area contributed by atoms with Crippen molar-refractivity contribution in [1.82, 2.24) is 0 Å². The van der Waals surface area contributed by atoms with E-state index in [0.29, 0.717) is 18.1 Å². The summed E-state index contributed by atoms with van der Waals surface area (Å²) in [5.41, 5.74) is 4.18. The minimum absolute atomic E-state index is 0.0391. The first-order valence-electron chi connectivity index (χ1n) is 11.1. The third-order valence-electron chi connectivity index (χ3n) is 5.45. The molecule has 0 unspecified atom stereocenters. The van der Waals surface area contributed by atoms with E-state index in [-0.39, 0.29) is 22.6 Å². The van der Waals surface area contributed by atoms with Gasteiger partial charge in [-0.2, -0.15) is 0 Å². The van der Waals surface area contributed by atoms with Crippen molar-refractivity contribution >= 4 is 35.0 Å². The molecule has 1 heterocycles. The number of hydrogen-bond donors (Lipinski definition) is 1. The Morgan fingerprint density at radius 2 is 1.94 bits per heavy atom. The molecule has 1 aliphatic heterocycles. The fourth-order valence-electron chi connectivity index (χ4n) is 4.39. The second-order valence-electron chi connectivity index (χ2n) is 9.66. The molecule has 1 saturated heterocycles. The van der Waals surface area contributed by atoms with Crippen molar-refractivity contribution < 1.29 is 9.59 Å². The van der Waals surface area contributed by atoms with Crippen LogP contribution in [0.25, 0.3) is 0 Å². The topological polar surface area (TPSA) is 49.4 Å². The van der Waals surface area contributed by atoms with Gasteiger partial charge >= 0.3 is 0 Å². The van der Waals surface area contributed by atoms with Crippen molar-refractivity contribution in [1.29, 1.82) is 0 Å². The number of carbonyl (C=O) groups excluding carboxylic acids is 2. The van der Waals surface area contributed by atoms with Gasteiger partial charge in [0.15, 0.2) is 0 Å². The number of nitrogens with zero attached hydrogens (tertiary/aromatic N) is 1. The molecule has 2 aromatic carbocycles. The van der Waals surface area contributed by atoms with E-state index in [9.17, 15) is 9.59 Å². The second-order valence-corrected chi connectivity index (χ2v) is 10.7. The SMILES string of the molecule is CCc1ccccc1N1C(=O)CS[C@H]1c1cccc(NC(=O)C[C@@H](C)CC(C)(C)C)c1. The number of carbonyl (C=O) groups is 2. The lowest BCUT2D eigenvalue weighted by molar-refractivity contribution is -0.117. The maximum absolute atomic E-state index is 12.8. The number of benzene rings is 2. The highest BCUT2D eigenvalue weighted by Gasteiger charge is 2.35. The number of para-hydroxylation sites is 1. The minimum atomic E-state index is -0.0862. The monoisotopic (exact) mass is 438 g/mol. The van der Waals surface area contributed by atoms with E-state index in [1.807, 2.05) is 47.4 Å². The summed E-state index contributed by atoms with van der Waals surface area (Å²) in [6, 6.07) is 16.0. The van der Waals surface area contributed by atoms with Crippen LogP contribution >= 0.6 is 11.8 Å². The Kier molecular flexibility index (Phi) is 7.47. The van der Waals surface area contributed by atoms with Gasteiger partial charge in [0.25, 0.3) is 0 Å². The molecule has 1 aliphatic rings. The summed E-state index contributed by atoms with van der Waals surface area (Å²) in [6.07, 6.45) is 2.39. The first-order chi connectivity index (χ1) is 14.7. The number of rotatable bonds is 7. The van der Waals surface area contributed by atoms with Crippen molar-refractivity contribution in [3.8, 4) is 0 Å². The molecule has 0 spiro atoms. The summed E-state index contributed by atoms with van der Waals surface area (Å²) in [5, 5.41) is 2.97. The minimum Gasteiger partial charge on any atom is -0.326 e. The Balaban J connectivity index is 1.76. The number of aryl methyl sites for hydroxylation is 1. The van der Waals surface area contributed by atoms with Crippen LogP contribution in [0.2, 0.25) is 0 Å². The summed E-state index contributed by atoms with van der Waals surface area (Å²) < 4.78 is 0. The van der Waals surface area contributed by atoms with E-state index in [1.165, 1.54) is 5.56 Å². The molecular formula is C26H34N2O2S. The average molecular weight is 439 g/mol. The largest absolute Gasteiger partial charge is 0.326 e. The van der Waals surface area contributed by atoms with Crippen molar-refractivity contribution in [3.05, 3.63) is 59.7 Å². The van der Waals surface area contributed by atoms with E-state index < -0.39 is 0 Å². The smallest absolute Gasteiger partial charge is 0.238 e. The summed E-state index contributed by atoms with van der Waals surface area (Å²) in [6.45, 7) is 10.8. The van der Waals surface area contributed by atoms with E-state index in [4.69, 9.17) is 0 Å². The van der Waals surface area contributed by atoms with E-state index in [2.05, 4.69) is 46.0 Å². The van der Waals surface area contributed by atoms with Crippen LogP contribution < -0.4 is 10.2 Å². The van der Waals surface area contributed by atoms with Crippen molar-refractivity contribution in [2.24, 2.45) is 11.3 Å². The molecule has 4 nitrogen and oxygen atoms in total. The number of amides is 2. The standard InChI is InChI=1S/C26H34N2O2S/c1-6-19-10-7-8-13-22(19)28-24(30)17-31-25(28)20-11-9-12-21(15-20)27-23(29)14-18(2)16-26(3,4)5/h7-13,15,18,25H,6,14,16-17H2,1-5H3,(H,27,29)/t18-,25+/m1/s1. The molecule has 1 fully saturated rings. The summed E-state index contributed by atoms with van der Waals surface area (Å²) in [4.78, 5) is 27.3. The molecule has 2 aromatic rings. The average Bonchev–Trinajstić information content (AvgIpc) is 3.07. The van der Waals surface area contributed by atoms with Gasteiger partial charge in [-0.15, -0.1) is 11.8 Å². The van der Waals surface area contributed by atoms with Crippen molar-refractivity contribution in [3.63, 3.8) is 0 Å². The first-order valence-corrected chi connectivity index (χ1v) is 12.1. The maximum Gasteiger partial charge on any atom is 0.238 e. The molecule has 5 heteroatoms. The zero-order valence-corrected chi connectivity index (χ0v) is 20.1. The Morgan fingerprint density at radius 3 is 2.65 bits per heavy atom. The Bertz CT molecular complexity index is 935. The van der Waals surface area contributed by atoms with Gasteiger partial charge in [-0.05, 0) is 53.5 Å². The van der Waals surface area contributed by atoms with Crippen LogP contribution in [0, 0.1) is 11.3 Å². The van der Waals surface area contributed by atoms with E-state index in [0.717, 1.165) is 29.8 Å². The Morgan fingerprint density at radius 1 is 1.19 bits per heavy atom. The lowest BCUT2D eigenvalue weighted by Crippen LogP contribution is -2.28. The zero-order chi connectivity index (χ0) is 22.6. The van der Waals surface area contributed by atoms with Gasteiger partial charge in [-0.1, -0.05) is 65.0 Å². The molecule has 2 atom stereocenters. The van der Waals surface area contributed by atoms with Crippen molar-refractivity contribution in [2.45, 2.75) is 59.3 Å². The van der Waals surface area contributed by atoms with Gasteiger partial charge in [0, 0.05) is 17.8 Å². The van der Waals surface area contributed by atoms with Gasteiger partial charge < -0.3 is 5.32 Å². The number of nitrogens with one attached hydrogen (secondary N) is 1. The second kappa shape index (κ2) is 9.90. The zero-order valence-electron chi connectivity index (χ0n) is 19.3. The predicted octanol–water partition coefficient (Wildman–Crippen LogP) is 6.43. The summed E-state index contributed by atoms with van der Waals surface area (Å²) >= 11 is 1.63. The van der Waals surface area contributed by atoms with Gasteiger partial charge in [0.1, 0.15) is 5.37 Å². The quantitative estimate of drug-likeness (QED) is 0.542. The maximum atomic E-state index is 12.8. The van der Waals surface area contributed by atoms with Crippen LogP contribution in [-0.4, -0.2) is 17.6 Å².